The van der Waals surface area contributed by atoms with E-state index < -0.39 is 0 Å². The zero-order valence-corrected chi connectivity index (χ0v) is 10.1. The van der Waals surface area contributed by atoms with Crippen molar-refractivity contribution in [3.63, 3.8) is 0 Å². The van der Waals surface area contributed by atoms with Gasteiger partial charge >= 0.3 is 0 Å². The van der Waals surface area contributed by atoms with Gasteiger partial charge in [0.05, 0.1) is 6.10 Å². The lowest BCUT2D eigenvalue weighted by molar-refractivity contribution is 0.100. The Morgan fingerprint density at radius 2 is 2.38 bits per heavy atom. The highest BCUT2D eigenvalue weighted by Gasteiger charge is 2.19. The third-order valence-corrected chi connectivity index (χ3v) is 3.78. The predicted molar refractivity (Wildman–Crippen MR) is 65.9 cm³/mol. The SMILES string of the molecule is NNC(CCC1CCCO1)C1=CCCCC1. The number of hydrogen-bond donors (Lipinski definition) is 2. The van der Waals surface area contributed by atoms with Crippen molar-refractivity contribution in [2.24, 2.45) is 5.84 Å². The minimum atomic E-state index is 0.379. The third kappa shape index (κ3) is 3.30. The molecule has 2 atom stereocenters. The molecule has 0 bridgehead atoms. The highest BCUT2D eigenvalue weighted by atomic mass is 16.5. The van der Waals surface area contributed by atoms with Crippen LogP contribution in [0, 0.1) is 0 Å². The number of rotatable bonds is 5. The topological polar surface area (TPSA) is 47.3 Å². The Balaban J connectivity index is 1.77. The largest absolute Gasteiger partial charge is 0.378 e. The molecule has 0 saturated carbocycles. The highest BCUT2D eigenvalue weighted by molar-refractivity contribution is 5.12. The molecule has 2 rings (SSSR count). The summed E-state index contributed by atoms with van der Waals surface area (Å²) in [5, 5.41) is 0. The zero-order valence-electron chi connectivity index (χ0n) is 10.1. The monoisotopic (exact) mass is 224 g/mol. The molecule has 16 heavy (non-hydrogen) atoms. The molecule has 0 aromatic rings. The summed E-state index contributed by atoms with van der Waals surface area (Å²) in [5.41, 5.74) is 4.49. The Labute approximate surface area is 98.4 Å². The number of ether oxygens (including phenoxy) is 1. The number of hydrazine groups is 1. The molecule has 92 valence electrons. The molecule has 3 heteroatoms. The van der Waals surface area contributed by atoms with E-state index in [1.165, 1.54) is 44.1 Å². The molecule has 0 radical (unpaired) electrons. The molecular weight excluding hydrogens is 200 g/mol. The molecule has 1 saturated heterocycles. The molecule has 1 aliphatic heterocycles. The second-order valence-electron chi connectivity index (χ2n) is 4.96. The van der Waals surface area contributed by atoms with Crippen LogP contribution in [0.1, 0.15) is 51.4 Å². The standard InChI is InChI=1S/C13H24N2O/c14-15-13(11-5-2-1-3-6-11)9-8-12-7-4-10-16-12/h5,12-13,15H,1-4,6-10,14H2. The number of nitrogens with one attached hydrogen (secondary N) is 1. The Hall–Kier alpha value is -0.380. The van der Waals surface area contributed by atoms with Gasteiger partial charge in [-0.2, -0.15) is 0 Å². The van der Waals surface area contributed by atoms with Crippen molar-refractivity contribution < 1.29 is 4.74 Å². The molecule has 0 aromatic carbocycles. The maximum absolute atomic E-state index is 5.66. The first kappa shape index (κ1) is 12.1. The average molecular weight is 224 g/mol. The van der Waals surface area contributed by atoms with Gasteiger partial charge in [0.15, 0.2) is 0 Å². The van der Waals surface area contributed by atoms with E-state index in [-0.39, 0.29) is 0 Å². The van der Waals surface area contributed by atoms with Gasteiger partial charge < -0.3 is 4.74 Å². The first-order chi connectivity index (χ1) is 7.90. The van der Waals surface area contributed by atoms with Crippen LogP contribution in [0.2, 0.25) is 0 Å². The van der Waals surface area contributed by atoms with Crippen LogP contribution in [0.15, 0.2) is 11.6 Å². The Morgan fingerprint density at radius 1 is 1.44 bits per heavy atom. The van der Waals surface area contributed by atoms with Gasteiger partial charge in [0.1, 0.15) is 0 Å². The lowest BCUT2D eigenvalue weighted by Crippen LogP contribution is -2.37. The summed E-state index contributed by atoms with van der Waals surface area (Å²) in [6.07, 6.45) is 12.7. The Kier molecular flexibility index (Phi) is 4.82. The quantitative estimate of drug-likeness (QED) is 0.428. The predicted octanol–water partition coefficient (Wildman–Crippen LogP) is 2.28. The fourth-order valence-corrected chi connectivity index (χ4v) is 2.78. The van der Waals surface area contributed by atoms with Gasteiger partial charge in [-0.3, -0.25) is 11.3 Å². The van der Waals surface area contributed by atoms with Gasteiger partial charge in [0.2, 0.25) is 0 Å². The summed E-state index contributed by atoms with van der Waals surface area (Å²) < 4.78 is 5.65. The van der Waals surface area contributed by atoms with Crippen molar-refractivity contribution in [2.75, 3.05) is 6.61 Å². The average Bonchev–Trinajstić information content (AvgIpc) is 2.84. The smallest absolute Gasteiger partial charge is 0.0576 e. The molecule has 1 heterocycles. The number of allylic oxidation sites excluding steroid dienone is 1. The first-order valence-corrected chi connectivity index (χ1v) is 6.67. The second kappa shape index (κ2) is 6.38. The van der Waals surface area contributed by atoms with Gasteiger partial charge in [0, 0.05) is 12.6 Å². The molecule has 2 unspecified atom stereocenters. The summed E-state index contributed by atoms with van der Waals surface area (Å²) in [4.78, 5) is 0. The summed E-state index contributed by atoms with van der Waals surface area (Å²) in [7, 11) is 0. The Bertz CT molecular complexity index is 234. The van der Waals surface area contributed by atoms with Crippen LogP contribution in [-0.2, 0) is 4.74 Å². The summed E-state index contributed by atoms with van der Waals surface area (Å²) in [5.74, 6) is 5.66. The van der Waals surface area contributed by atoms with Crippen molar-refractivity contribution >= 4 is 0 Å². The molecule has 0 amide bonds. The number of hydrogen-bond acceptors (Lipinski definition) is 3. The molecule has 3 N–H and O–H groups in total. The van der Waals surface area contributed by atoms with E-state index in [1.54, 1.807) is 0 Å². The van der Waals surface area contributed by atoms with Crippen LogP contribution in [0.3, 0.4) is 0 Å². The van der Waals surface area contributed by atoms with Gasteiger partial charge in [-0.15, -0.1) is 0 Å². The van der Waals surface area contributed by atoms with Crippen molar-refractivity contribution in [1.82, 2.24) is 5.43 Å². The van der Waals surface area contributed by atoms with E-state index in [9.17, 15) is 0 Å². The molecule has 1 aliphatic carbocycles. The minimum absolute atomic E-state index is 0.379. The summed E-state index contributed by atoms with van der Waals surface area (Å²) in [6.45, 7) is 0.952. The van der Waals surface area contributed by atoms with Crippen LogP contribution in [0.5, 0.6) is 0 Å². The molecule has 3 nitrogen and oxygen atoms in total. The van der Waals surface area contributed by atoms with Gasteiger partial charge in [-0.1, -0.05) is 11.6 Å². The molecule has 1 fully saturated rings. The van der Waals surface area contributed by atoms with Gasteiger partial charge in [0.25, 0.3) is 0 Å². The Morgan fingerprint density at radius 3 is 3.00 bits per heavy atom. The first-order valence-electron chi connectivity index (χ1n) is 6.67. The lowest BCUT2D eigenvalue weighted by atomic mass is 9.91. The van der Waals surface area contributed by atoms with Crippen molar-refractivity contribution in [2.45, 2.75) is 63.5 Å². The number of nitrogens with two attached hydrogens (primary N) is 1. The van der Waals surface area contributed by atoms with E-state index in [4.69, 9.17) is 10.6 Å². The third-order valence-electron chi connectivity index (χ3n) is 3.78. The highest BCUT2D eigenvalue weighted by Crippen LogP contribution is 2.24. The van der Waals surface area contributed by atoms with E-state index in [1.807, 2.05) is 0 Å². The molecule has 0 aromatic heterocycles. The van der Waals surface area contributed by atoms with Gasteiger partial charge in [-0.05, 0) is 51.4 Å². The molecule has 0 spiro atoms. The van der Waals surface area contributed by atoms with E-state index in [0.29, 0.717) is 12.1 Å². The van der Waals surface area contributed by atoms with Crippen LogP contribution in [0.25, 0.3) is 0 Å². The van der Waals surface area contributed by atoms with Crippen LogP contribution in [-0.4, -0.2) is 18.8 Å². The maximum atomic E-state index is 5.66. The fourth-order valence-electron chi connectivity index (χ4n) is 2.78. The van der Waals surface area contributed by atoms with Crippen molar-refractivity contribution in [1.29, 1.82) is 0 Å². The van der Waals surface area contributed by atoms with Crippen LogP contribution >= 0.6 is 0 Å². The zero-order chi connectivity index (χ0) is 11.2. The van der Waals surface area contributed by atoms with Crippen molar-refractivity contribution in [3.05, 3.63) is 11.6 Å². The van der Waals surface area contributed by atoms with E-state index in [2.05, 4.69) is 11.5 Å². The minimum Gasteiger partial charge on any atom is -0.378 e. The lowest BCUT2D eigenvalue weighted by Gasteiger charge is -2.23. The van der Waals surface area contributed by atoms with Crippen molar-refractivity contribution in [3.8, 4) is 0 Å². The molecule has 2 aliphatic rings. The molecular formula is C13H24N2O. The van der Waals surface area contributed by atoms with Gasteiger partial charge in [-0.25, -0.2) is 0 Å². The van der Waals surface area contributed by atoms with Crippen LogP contribution in [0.4, 0.5) is 0 Å². The second-order valence-corrected chi connectivity index (χ2v) is 4.96. The maximum Gasteiger partial charge on any atom is 0.0576 e. The van der Waals surface area contributed by atoms with E-state index >= 15 is 0 Å². The summed E-state index contributed by atoms with van der Waals surface area (Å²) >= 11 is 0. The van der Waals surface area contributed by atoms with E-state index in [0.717, 1.165) is 19.4 Å². The van der Waals surface area contributed by atoms with Crippen LogP contribution < -0.4 is 11.3 Å². The summed E-state index contributed by atoms with van der Waals surface area (Å²) in [6, 6.07) is 0.379. The fraction of sp³-hybridized carbons (Fsp3) is 0.846. The normalized spacial score (nSPS) is 27.8.